The van der Waals surface area contributed by atoms with Crippen LogP contribution in [0, 0.1) is 12.8 Å². The van der Waals surface area contributed by atoms with Gasteiger partial charge in [-0.25, -0.2) is 4.98 Å². The fourth-order valence-electron chi connectivity index (χ4n) is 3.86. The molecule has 140 valence electrons. The summed E-state index contributed by atoms with van der Waals surface area (Å²) >= 11 is 0. The van der Waals surface area contributed by atoms with Crippen molar-refractivity contribution in [3.63, 3.8) is 0 Å². The summed E-state index contributed by atoms with van der Waals surface area (Å²) in [5, 5.41) is 2.71. The number of ether oxygens (including phenoxy) is 1. The van der Waals surface area contributed by atoms with E-state index in [-0.39, 0.29) is 5.91 Å². The van der Waals surface area contributed by atoms with E-state index >= 15 is 0 Å². The van der Waals surface area contributed by atoms with Gasteiger partial charge in [-0.05, 0) is 44.7 Å². The molecule has 26 heavy (non-hydrogen) atoms. The lowest BCUT2D eigenvalue weighted by atomic mass is 9.89. The molecule has 0 saturated heterocycles. The van der Waals surface area contributed by atoms with Crippen LogP contribution >= 0.6 is 0 Å². The fraction of sp³-hybridized carbons (Fsp3) is 0.524. The van der Waals surface area contributed by atoms with Crippen LogP contribution < -0.4 is 10.1 Å². The summed E-state index contributed by atoms with van der Waals surface area (Å²) in [4.78, 5) is 17.0. The molecule has 3 rings (SSSR count). The molecular formula is C21H29N3O2. The molecular weight excluding hydrogens is 326 g/mol. The highest BCUT2D eigenvalue weighted by atomic mass is 16.5. The van der Waals surface area contributed by atoms with Crippen LogP contribution in [-0.4, -0.2) is 29.1 Å². The van der Waals surface area contributed by atoms with Crippen LogP contribution in [-0.2, 0) is 6.54 Å². The lowest BCUT2D eigenvalue weighted by Crippen LogP contribution is -2.20. The lowest BCUT2D eigenvalue weighted by Gasteiger charge is -2.24. The Morgan fingerprint density at radius 2 is 2.00 bits per heavy atom. The van der Waals surface area contributed by atoms with Crippen molar-refractivity contribution in [2.24, 2.45) is 5.92 Å². The second-order valence-corrected chi connectivity index (χ2v) is 6.99. The molecule has 1 aromatic carbocycles. The summed E-state index contributed by atoms with van der Waals surface area (Å²) in [6.07, 6.45) is 6.43. The lowest BCUT2D eigenvalue weighted by molar-refractivity contribution is 0.0957. The van der Waals surface area contributed by atoms with Crippen LogP contribution in [0.25, 0.3) is 11.4 Å². The predicted octanol–water partition coefficient (Wildman–Crippen LogP) is 4.20. The standard InChI is InChI=1S/C21H29N3O2/c1-4-26-18-13-9-8-12-17(18)20-23-19(21(25)22-3)15(2)24(20)14-16-10-6-5-7-11-16/h8-9,12-13,16H,4-7,10-11,14H2,1-3H3,(H,22,25). The third-order valence-corrected chi connectivity index (χ3v) is 5.26. The maximum absolute atomic E-state index is 12.3. The van der Waals surface area contributed by atoms with Gasteiger partial charge in [0.1, 0.15) is 17.3 Å². The number of hydrogen-bond donors (Lipinski definition) is 1. The molecule has 5 nitrogen and oxygen atoms in total. The number of carbonyl (C=O) groups excluding carboxylic acids is 1. The molecule has 1 aliphatic carbocycles. The van der Waals surface area contributed by atoms with Crippen molar-refractivity contribution >= 4 is 5.91 Å². The van der Waals surface area contributed by atoms with Gasteiger partial charge in [0.2, 0.25) is 0 Å². The number of carbonyl (C=O) groups is 1. The molecule has 1 saturated carbocycles. The summed E-state index contributed by atoms with van der Waals surface area (Å²) in [6.45, 7) is 5.48. The minimum Gasteiger partial charge on any atom is -0.493 e. The Balaban J connectivity index is 2.06. The fourth-order valence-corrected chi connectivity index (χ4v) is 3.86. The van der Waals surface area contributed by atoms with E-state index < -0.39 is 0 Å². The Labute approximate surface area is 155 Å². The van der Waals surface area contributed by atoms with Crippen molar-refractivity contribution in [1.29, 1.82) is 0 Å². The van der Waals surface area contributed by atoms with Gasteiger partial charge in [-0.3, -0.25) is 4.79 Å². The summed E-state index contributed by atoms with van der Waals surface area (Å²) in [6, 6.07) is 7.95. The maximum atomic E-state index is 12.3. The molecule has 1 fully saturated rings. The number of hydrogen-bond acceptors (Lipinski definition) is 3. The van der Waals surface area contributed by atoms with E-state index in [1.807, 2.05) is 38.1 Å². The van der Waals surface area contributed by atoms with Crippen molar-refractivity contribution in [3.8, 4) is 17.1 Å². The van der Waals surface area contributed by atoms with Gasteiger partial charge in [-0.1, -0.05) is 31.4 Å². The van der Waals surface area contributed by atoms with Gasteiger partial charge in [0.05, 0.1) is 12.2 Å². The molecule has 0 spiro atoms. The van der Waals surface area contributed by atoms with Crippen molar-refractivity contribution in [3.05, 3.63) is 35.7 Å². The highest BCUT2D eigenvalue weighted by Crippen LogP contribution is 2.33. The molecule has 1 aromatic heterocycles. The smallest absolute Gasteiger partial charge is 0.271 e. The zero-order valence-electron chi connectivity index (χ0n) is 16.0. The summed E-state index contributed by atoms with van der Waals surface area (Å²) in [7, 11) is 1.65. The predicted molar refractivity (Wildman–Crippen MR) is 104 cm³/mol. The zero-order chi connectivity index (χ0) is 18.5. The SMILES string of the molecule is CCOc1ccccc1-c1nc(C(=O)NC)c(C)n1CC1CCCCC1. The Hall–Kier alpha value is -2.30. The molecule has 1 N–H and O–H groups in total. The summed E-state index contributed by atoms with van der Waals surface area (Å²) in [5.41, 5.74) is 2.38. The van der Waals surface area contributed by atoms with Gasteiger partial charge in [0.15, 0.2) is 0 Å². The number of aromatic nitrogens is 2. The van der Waals surface area contributed by atoms with E-state index in [0.717, 1.165) is 29.4 Å². The molecule has 1 heterocycles. The number of nitrogens with zero attached hydrogens (tertiary/aromatic N) is 2. The maximum Gasteiger partial charge on any atom is 0.271 e. The summed E-state index contributed by atoms with van der Waals surface area (Å²) in [5.74, 6) is 2.15. The number of amides is 1. The largest absolute Gasteiger partial charge is 0.493 e. The van der Waals surface area contributed by atoms with E-state index in [0.29, 0.717) is 18.2 Å². The van der Waals surface area contributed by atoms with Gasteiger partial charge < -0.3 is 14.6 Å². The second kappa shape index (κ2) is 8.39. The first-order chi connectivity index (χ1) is 12.7. The molecule has 0 atom stereocenters. The van der Waals surface area contributed by atoms with Crippen LogP contribution in [0.5, 0.6) is 5.75 Å². The van der Waals surface area contributed by atoms with Crippen molar-refractivity contribution < 1.29 is 9.53 Å². The van der Waals surface area contributed by atoms with Gasteiger partial charge in [-0.2, -0.15) is 0 Å². The van der Waals surface area contributed by atoms with Gasteiger partial charge in [-0.15, -0.1) is 0 Å². The van der Waals surface area contributed by atoms with Gasteiger partial charge >= 0.3 is 0 Å². The second-order valence-electron chi connectivity index (χ2n) is 6.99. The molecule has 1 amide bonds. The van der Waals surface area contributed by atoms with Crippen LogP contribution in [0.15, 0.2) is 24.3 Å². The van der Waals surface area contributed by atoms with Gasteiger partial charge in [0.25, 0.3) is 5.91 Å². The zero-order valence-corrected chi connectivity index (χ0v) is 16.0. The molecule has 0 bridgehead atoms. The Morgan fingerprint density at radius 3 is 2.69 bits per heavy atom. The normalized spacial score (nSPS) is 15.0. The quantitative estimate of drug-likeness (QED) is 0.845. The first-order valence-corrected chi connectivity index (χ1v) is 9.67. The Morgan fingerprint density at radius 1 is 1.27 bits per heavy atom. The molecule has 0 radical (unpaired) electrons. The number of benzene rings is 1. The van der Waals surface area contributed by atoms with E-state index in [2.05, 4.69) is 9.88 Å². The van der Waals surface area contributed by atoms with Crippen LogP contribution in [0.2, 0.25) is 0 Å². The highest BCUT2D eigenvalue weighted by Gasteiger charge is 2.24. The third kappa shape index (κ3) is 3.76. The first-order valence-electron chi connectivity index (χ1n) is 9.67. The van der Waals surface area contributed by atoms with Crippen molar-refractivity contribution in [1.82, 2.24) is 14.9 Å². The van der Waals surface area contributed by atoms with Crippen LogP contribution in [0.1, 0.15) is 55.2 Å². The Bertz CT molecular complexity index is 761. The summed E-state index contributed by atoms with van der Waals surface area (Å²) < 4.78 is 8.04. The van der Waals surface area contributed by atoms with Crippen LogP contribution in [0.4, 0.5) is 0 Å². The number of rotatable bonds is 6. The highest BCUT2D eigenvalue weighted by molar-refractivity contribution is 5.94. The topological polar surface area (TPSA) is 56.1 Å². The molecule has 0 aliphatic heterocycles. The molecule has 1 aliphatic rings. The molecule has 0 unspecified atom stereocenters. The van der Waals surface area contributed by atoms with Gasteiger partial charge in [0, 0.05) is 19.3 Å². The number of nitrogens with one attached hydrogen (secondary N) is 1. The third-order valence-electron chi connectivity index (χ3n) is 5.26. The van der Waals surface area contributed by atoms with E-state index in [1.54, 1.807) is 7.05 Å². The number of para-hydroxylation sites is 1. The molecule has 5 heteroatoms. The van der Waals surface area contributed by atoms with Crippen LogP contribution in [0.3, 0.4) is 0 Å². The molecule has 2 aromatic rings. The van der Waals surface area contributed by atoms with E-state index in [1.165, 1.54) is 32.1 Å². The monoisotopic (exact) mass is 355 g/mol. The van der Waals surface area contributed by atoms with E-state index in [9.17, 15) is 4.79 Å². The average molecular weight is 355 g/mol. The van der Waals surface area contributed by atoms with Crippen molar-refractivity contribution in [2.45, 2.75) is 52.5 Å². The van der Waals surface area contributed by atoms with Crippen molar-refractivity contribution in [2.75, 3.05) is 13.7 Å². The minimum atomic E-state index is -0.139. The Kier molecular flexibility index (Phi) is 5.96. The minimum absolute atomic E-state index is 0.139. The average Bonchev–Trinajstić information content (AvgIpc) is 2.99. The number of imidazole rings is 1. The first kappa shape index (κ1) is 18.5. The van der Waals surface area contributed by atoms with E-state index in [4.69, 9.17) is 9.72 Å².